The number of thiocarbonyl (C=S) groups is 1. The average Bonchev–Trinajstić information content (AvgIpc) is 3.43. The largest absolute Gasteiger partial charge is 0.457 e. The summed E-state index contributed by atoms with van der Waals surface area (Å²) in [7, 11) is 0. The number of aromatic nitrogens is 1. The van der Waals surface area contributed by atoms with Crippen LogP contribution in [0, 0.1) is 0 Å². The highest BCUT2D eigenvalue weighted by Crippen LogP contribution is 2.35. The zero-order valence-electron chi connectivity index (χ0n) is 14.9. The van der Waals surface area contributed by atoms with Crippen molar-refractivity contribution in [2.45, 2.75) is 0 Å². The van der Waals surface area contributed by atoms with Crippen LogP contribution in [-0.2, 0) is 4.79 Å². The lowest BCUT2D eigenvalue weighted by Gasteiger charge is -2.14. The molecule has 0 aliphatic carbocycles. The molecule has 5 nitrogen and oxygen atoms in total. The van der Waals surface area contributed by atoms with Crippen LogP contribution in [0.3, 0.4) is 0 Å². The number of amides is 1. The third-order valence-corrected chi connectivity index (χ3v) is 6.50. The van der Waals surface area contributed by atoms with Gasteiger partial charge in [-0.15, -0.1) is 0 Å². The molecule has 1 aliphatic heterocycles. The molecule has 1 saturated heterocycles. The van der Waals surface area contributed by atoms with Gasteiger partial charge in [-0.3, -0.25) is 10.2 Å². The fraction of sp³-hybridized carbons (Fsp3) is 0. The SMILES string of the molecule is O=C1C(=Cc2ccc(-c3ccccc3)o2)SC(=S)N1Nc1nc2ccccc2s1. The van der Waals surface area contributed by atoms with Crippen molar-refractivity contribution in [2.75, 3.05) is 5.43 Å². The maximum absolute atomic E-state index is 12.8. The van der Waals surface area contributed by atoms with E-state index in [1.165, 1.54) is 28.1 Å². The first-order chi connectivity index (χ1) is 14.2. The summed E-state index contributed by atoms with van der Waals surface area (Å²) in [5.74, 6) is 1.13. The zero-order valence-corrected chi connectivity index (χ0v) is 17.3. The fourth-order valence-electron chi connectivity index (χ4n) is 2.90. The Labute approximate surface area is 180 Å². The molecule has 5 rings (SSSR count). The second-order valence-corrected chi connectivity index (χ2v) is 8.89. The van der Waals surface area contributed by atoms with E-state index in [9.17, 15) is 4.79 Å². The van der Waals surface area contributed by atoms with Crippen LogP contribution in [0.5, 0.6) is 0 Å². The van der Waals surface area contributed by atoms with Gasteiger partial charge in [-0.25, -0.2) is 4.98 Å². The minimum atomic E-state index is -0.225. The van der Waals surface area contributed by atoms with Crippen molar-refractivity contribution in [3.05, 3.63) is 77.4 Å². The van der Waals surface area contributed by atoms with Crippen LogP contribution in [-0.4, -0.2) is 20.2 Å². The van der Waals surface area contributed by atoms with Gasteiger partial charge in [-0.2, -0.15) is 5.01 Å². The van der Waals surface area contributed by atoms with E-state index in [-0.39, 0.29) is 5.91 Å². The summed E-state index contributed by atoms with van der Waals surface area (Å²) in [6.45, 7) is 0. The van der Waals surface area contributed by atoms with E-state index in [0.717, 1.165) is 21.5 Å². The van der Waals surface area contributed by atoms with Gasteiger partial charge in [0.1, 0.15) is 11.5 Å². The Balaban J connectivity index is 1.37. The number of furan rings is 1. The average molecular weight is 436 g/mol. The van der Waals surface area contributed by atoms with Crippen LogP contribution in [0.1, 0.15) is 5.76 Å². The molecular weight excluding hydrogens is 422 g/mol. The molecule has 0 atom stereocenters. The Hall–Kier alpha value is -2.94. The first kappa shape index (κ1) is 18.1. The number of para-hydroxylation sites is 1. The van der Waals surface area contributed by atoms with Crippen molar-refractivity contribution in [1.29, 1.82) is 0 Å². The number of nitrogens with one attached hydrogen (secondary N) is 1. The van der Waals surface area contributed by atoms with Crippen LogP contribution in [0.15, 0.2) is 76.1 Å². The predicted molar refractivity (Wildman–Crippen MR) is 122 cm³/mol. The molecule has 2 aromatic carbocycles. The summed E-state index contributed by atoms with van der Waals surface area (Å²) in [5, 5.41) is 1.97. The minimum Gasteiger partial charge on any atom is -0.457 e. The van der Waals surface area contributed by atoms with Crippen molar-refractivity contribution in [3.63, 3.8) is 0 Å². The Kier molecular flexibility index (Phi) is 4.67. The number of carbonyl (C=O) groups excluding carboxylic acids is 1. The van der Waals surface area contributed by atoms with Crippen LogP contribution in [0.2, 0.25) is 0 Å². The third kappa shape index (κ3) is 3.57. The summed E-state index contributed by atoms with van der Waals surface area (Å²) in [6, 6.07) is 21.4. The van der Waals surface area contributed by atoms with E-state index < -0.39 is 0 Å². The topological polar surface area (TPSA) is 58.4 Å². The number of thiazole rings is 1. The summed E-state index contributed by atoms with van der Waals surface area (Å²) in [5.41, 5.74) is 4.90. The number of rotatable bonds is 4. The first-order valence-corrected chi connectivity index (χ1v) is 10.8. The van der Waals surface area contributed by atoms with E-state index in [4.69, 9.17) is 16.6 Å². The molecule has 0 saturated carbocycles. The Morgan fingerprint density at radius 2 is 1.83 bits per heavy atom. The number of hydrogen-bond donors (Lipinski definition) is 1. The van der Waals surface area contributed by atoms with Crippen LogP contribution >= 0.6 is 35.3 Å². The molecule has 142 valence electrons. The smallest absolute Gasteiger partial charge is 0.285 e. The van der Waals surface area contributed by atoms with Crippen LogP contribution < -0.4 is 5.43 Å². The van der Waals surface area contributed by atoms with Gasteiger partial charge in [-0.05, 0) is 36.5 Å². The normalized spacial score (nSPS) is 15.6. The van der Waals surface area contributed by atoms with E-state index in [2.05, 4.69) is 10.4 Å². The highest BCUT2D eigenvalue weighted by molar-refractivity contribution is 8.26. The molecule has 2 aromatic heterocycles. The number of hydrazine groups is 1. The number of hydrogen-bond acceptors (Lipinski definition) is 7. The molecule has 4 aromatic rings. The second kappa shape index (κ2) is 7.47. The van der Waals surface area contributed by atoms with Gasteiger partial charge in [0.2, 0.25) is 5.13 Å². The molecule has 1 amide bonds. The van der Waals surface area contributed by atoms with Crippen LogP contribution in [0.25, 0.3) is 27.6 Å². The molecule has 0 bridgehead atoms. The van der Waals surface area contributed by atoms with Crippen molar-refractivity contribution >= 4 is 67.0 Å². The van der Waals surface area contributed by atoms with Crippen molar-refractivity contribution < 1.29 is 9.21 Å². The van der Waals surface area contributed by atoms with Gasteiger partial charge in [0, 0.05) is 11.6 Å². The Morgan fingerprint density at radius 3 is 2.66 bits per heavy atom. The van der Waals surface area contributed by atoms with E-state index in [0.29, 0.717) is 20.1 Å². The molecule has 3 heterocycles. The Morgan fingerprint density at radius 1 is 1.03 bits per heavy atom. The summed E-state index contributed by atoms with van der Waals surface area (Å²) >= 11 is 8.09. The number of nitrogens with zero attached hydrogens (tertiary/aromatic N) is 2. The van der Waals surface area contributed by atoms with Crippen LogP contribution in [0.4, 0.5) is 5.13 Å². The highest BCUT2D eigenvalue weighted by Gasteiger charge is 2.33. The number of fused-ring (bicyclic) bond motifs is 1. The predicted octanol–water partition coefficient (Wildman–Crippen LogP) is 5.78. The molecule has 8 heteroatoms. The van der Waals surface area contributed by atoms with E-state index in [1.54, 1.807) is 6.08 Å². The van der Waals surface area contributed by atoms with Gasteiger partial charge < -0.3 is 4.42 Å². The van der Waals surface area contributed by atoms with Gasteiger partial charge in [0.15, 0.2) is 4.32 Å². The Bertz CT molecular complexity index is 1230. The van der Waals surface area contributed by atoms with Gasteiger partial charge in [0.05, 0.1) is 15.1 Å². The lowest BCUT2D eigenvalue weighted by molar-refractivity contribution is -0.121. The third-order valence-electron chi connectivity index (χ3n) is 4.25. The molecule has 1 N–H and O–H groups in total. The molecular formula is C21H13N3O2S3. The second-order valence-electron chi connectivity index (χ2n) is 6.18. The molecule has 0 radical (unpaired) electrons. The summed E-state index contributed by atoms with van der Waals surface area (Å²) < 4.78 is 7.34. The summed E-state index contributed by atoms with van der Waals surface area (Å²) in [6.07, 6.45) is 1.71. The first-order valence-electron chi connectivity index (χ1n) is 8.73. The number of thioether (sulfide) groups is 1. The lowest BCUT2D eigenvalue weighted by atomic mass is 10.2. The highest BCUT2D eigenvalue weighted by atomic mass is 32.2. The van der Waals surface area contributed by atoms with E-state index in [1.807, 2.05) is 66.7 Å². The molecule has 1 fully saturated rings. The molecule has 0 spiro atoms. The zero-order chi connectivity index (χ0) is 19.8. The monoisotopic (exact) mass is 435 g/mol. The van der Waals surface area contributed by atoms with Gasteiger partial charge in [-0.1, -0.05) is 65.6 Å². The standard InChI is InChI=1S/C21H13N3O2S3/c25-19-18(12-14-10-11-16(26-14)13-6-2-1-3-7-13)29-21(27)24(19)23-20-22-15-8-4-5-9-17(15)28-20/h1-12H,(H,22,23). The minimum absolute atomic E-state index is 0.225. The lowest BCUT2D eigenvalue weighted by Crippen LogP contribution is -2.33. The number of carbonyl (C=O) groups is 1. The fourth-order valence-corrected chi connectivity index (χ4v) is 4.91. The maximum atomic E-state index is 12.8. The van der Waals surface area contributed by atoms with Crippen molar-refractivity contribution in [3.8, 4) is 11.3 Å². The van der Waals surface area contributed by atoms with Crippen molar-refractivity contribution in [1.82, 2.24) is 9.99 Å². The molecule has 0 unspecified atom stereocenters. The van der Waals surface area contributed by atoms with E-state index >= 15 is 0 Å². The quantitative estimate of drug-likeness (QED) is 0.324. The number of benzene rings is 2. The number of anilines is 1. The van der Waals surface area contributed by atoms with Gasteiger partial charge in [0.25, 0.3) is 5.91 Å². The molecule has 29 heavy (non-hydrogen) atoms. The summed E-state index contributed by atoms with van der Waals surface area (Å²) in [4.78, 5) is 17.8. The molecule has 1 aliphatic rings. The maximum Gasteiger partial charge on any atom is 0.285 e. The van der Waals surface area contributed by atoms with Crippen molar-refractivity contribution in [2.24, 2.45) is 0 Å². The van der Waals surface area contributed by atoms with Gasteiger partial charge >= 0.3 is 0 Å².